The number of carbonyl (C=O) groups is 2. The number of nitrogens with one attached hydrogen (secondary N) is 2. The van der Waals surface area contributed by atoms with E-state index < -0.39 is 10.0 Å². The Morgan fingerprint density at radius 2 is 1.67 bits per heavy atom. The van der Waals surface area contributed by atoms with Crippen LogP contribution < -0.4 is 20.1 Å². The van der Waals surface area contributed by atoms with E-state index in [2.05, 4.69) is 10.6 Å². The Labute approximate surface area is 194 Å². The molecule has 10 nitrogen and oxygen atoms in total. The lowest BCUT2D eigenvalue weighted by Gasteiger charge is -2.34. The van der Waals surface area contributed by atoms with Crippen LogP contribution in [-0.4, -0.2) is 81.5 Å². The van der Waals surface area contributed by atoms with Gasteiger partial charge in [-0.25, -0.2) is 13.2 Å². The number of amides is 3. The predicted octanol–water partition coefficient (Wildman–Crippen LogP) is 1.31. The molecule has 3 amide bonds. The van der Waals surface area contributed by atoms with Crippen molar-refractivity contribution in [3.05, 3.63) is 18.2 Å². The third-order valence-corrected chi connectivity index (χ3v) is 8.20. The zero-order chi connectivity index (χ0) is 23.3. The van der Waals surface area contributed by atoms with Gasteiger partial charge >= 0.3 is 6.03 Å². The molecule has 0 bridgehead atoms. The summed E-state index contributed by atoms with van der Waals surface area (Å²) < 4.78 is 38.4. The summed E-state index contributed by atoms with van der Waals surface area (Å²) in [7, 11) is -3.69. The molecule has 1 saturated heterocycles. The highest BCUT2D eigenvalue weighted by Gasteiger charge is 2.31. The molecule has 0 unspecified atom stereocenters. The van der Waals surface area contributed by atoms with Crippen molar-refractivity contribution in [2.45, 2.75) is 49.5 Å². The van der Waals surface area contributed by atoms with Crippen LogP contribution in [0.25, 0.3) is 0 Å². The average molecular weight is 481 g/mol. The van der Waals surface area contributed by atoms with Crippen molar-refractivity contribution < 1.29 is 27.5 Å². The van der Waals surface area contributed by atoms with E-state index in [4.69, 9.17) is 9.47 Å². The normalized spacial score (nSPS) is 19.7. The number of hydrogen-bond acceptors (Lipinski definition) is 6. The van der Waals surface area contributed by atoms with Crippen LogP contribution in [0, 0.1) is 0 Å². The second-order valence-electron chi connectivity index (χ2n) is 8.58. The number of rotatable bonds is 6. The van der Waals surface area contributed by atoms with Crippen molar-refractivity contribution in [2.75, 3.05) is 45.9 Å². The van der Waals surface area contributed by atoms with E-state index >= 15 is 0 Å². The molecule has 2 heterocycles. The van der Waals surface area contributed by atoms with Gasteiger partial charge in [0, 0.05) is 51.3 Å². The number of benzene rings is 1. The number of carbonyl (C=O) groups excluding carboxylic acids is 2. The zero-order valence-corrected chi connectivity index (χ0v) is 19.6. The smallest absolute Gasteiger partial charge is 0.315 e. The van der Waals surface area contributed by atoms with Gasteiger partial charge in [-0.15, -0.1) is 0 Å². The Balaban J connectivity index is 1.22. The monoisotopic (exact) mass is 480 g/mol. The van der Waals surface area contributed by atoms with Gasteiger partial charge in [0.2, 0.25) is 15.9 Å². The maximum Gasteiger partial charge on any atom is 0.315 e. The predicted molar refractivity (Wildman–Crippen MR) is 121 cm³/mol. The molecule has 1 aliphatic carbocycles. The second-order valence-corrected chi connectivity index (χ2v) is 10.5. The van der Waals surface area contributed by atoms with Crippen molar-refractivity contribution in [1.82, 2.24) is 19.8 Å². The lowest BCUT2D eigenvalue weighted by atomic mass is 9.96. The molecular formula is C22H32N4O6S. The molecule has 2 fully saturated rings. The molecule has 2 aliphatic heterocycles. The SMILES string of the molecule is O=C(NCCC(=O)N1CCN(S(=O)(=O)c2ccc3c(c2)OCCO3)CC1)NC1CCCCC1. The van der Waals surface area contributed by atoms with Crippen molar-refractivity contribution in [2.24, 2.45) is 0 Å². The molecule has 11 heteroatoms. The Bertz CT molecular complexity index is 956. The number of urea groups is 1. The highest BCUT2D eigenvalue weighted by molar-refractivity contribution is 7.89. The van der Waals surface area contributed by atoms with Gasteiger partial charge in [-0.05, 0) is 25.0 Å². The van der Waals surface area contributed by atoms with E-state index in [9.17, 15) is 18.0 Å². The van der Waals surface area contributed by atoms with Crippen molar-refractivity contribution >= 4 is 22.0 Å². The van der Waals surface area contributed by atoms with Gasteiger partial charge in [0.25, 0.3) is 0 Å². The molecule has 0 spiro atoms. The fraction of sp³-hybridized carbons (Fsp3) is 0.636. The number of ether oxygens (including phenoxy) is 2. The van der Waals surface area contributed by atoms with Crippen LogP contribution in [0.3, 0.4) is 0 Å². The van der Waals surface area contributed by atoms with Crippen LogP contribution in [0.15, 0.2) is 23.1 Å². The van der Waals surface area contributed by atoms with Crippen molar-refractivity contribution in [1.29, 1.82) is 0 Å². The summed E-state index contributed by atoms with van der Waals surface area (Å²) in [4.78, 5) is 26.3. The minimum atomic E-state index is -3.69. The molecule has 0 aromatic heterocycles. The van der Waals surface area contributed by atoms with E-state index in [1.54, 1.807) is 11.0 Å². The van der Waals surface area contributed by atoms with Gasteiger partial charge < -0.3 is 25.0 Å². The summed E-state index contributed by atoms with van der Waals surface area (Å²) in [6.07, 6.45) is 5.70. The first-order chi connectivity index (χ1) is 15.9. The lowest BCUT2D eigenvalue weighted by Crippen LogP contribution is -2.51. The van der Waals surface area contributed by atoms with E-state index in [1.807, 2.05) is 0 Å². The number of fused-ring (bicyclic) bond motifs is 1. The molecule has 33 heavy (non-hydrogen) atoms. The molecule has 2 N–H and O–H groups in total. The Hall–Kier alpha value is -2.53. The highest BCUT2D eigenvalue weighted by atomic mass is 32.2. The topological polar surface area (TPSA) is 117 Å². The first-order valence-electron chi connectivity index (χ1n) is 11.7. The lowest BCUT2D eigenvalue weighted by molar-refractivity contribution is -0.132. The minimum Gasteiger partial charge on any atom is -0.486 e. The fourth-order valence-electron chi connectivity index (χ4n) is 4.44. The third-order valence-electron chi connectivity index (χ3n) is 6.31. The van der Waals surface area contributed by atoms with Crippen LogP contribution in [0.4, 0.5) is 4.79 Å². The summed E-state index contributed by atoms with van der Waals surface area (Å²) in [5, 5.41) is 5.72. The quantitative estimate of drug-likeness (QED) is 0.634. The molecule has 0 atom stereocenters. The van der Waals surface area contributed by atoms with Crippen LogP contribution in [-0.2, 0) is 14.8 Å². The number of piperazine rings is 1. The molecule has 1 aromatic rings. The van der Waals surface area contributed by atoms with Gasteiger partial charge in [0.1, 0.15) is 13.2 Å². The largest absolute Gasteiger partial charge is 0.486 e. The summed E-state index contributed by atoms with van der Waals surface area (Å²) >= 11 is 0. The molecular weight excluding hydrogens is 448 g/mol. The average Bonchev–Trinajstić information content (AvgIpc) is 2.84. The Kier molecular flexibility index (Phi) is 7.59. The van der Waals surface area contributed by atoms with Gasteiger partial charge in [-0.3, -0.25) is 4.79 Å². The summed E-state index contributed by atoms with van der Waals surface area (Å²) in [5.74, 6) is 0.872. The fourth-order valence-corrected chi connectivity index (χ4v) is 5.87. The molecule has 4 rings (SSSR count). The van der Waals surface area contributed by atoms with Crippen LogP contribution >= 0.6 is 0 Å². The van der Waals surface area contributed by atoms with Crippen LogP contribution in [0.5, 0.6) is 11.5 Å². The molecule has 1 saturated carbocycles. The van der Waals surface area contributed by atoms with Crippen molar-refractivity contribution in [3.8, 4) is 11.5 Å². The number of sulfonamides is 1. The van der Waals surface area contributed by atoms with E-state index in [1.165, 1.54) is 22.9 Å². The highest BCUT2D eigenvalue weighted by Crippen LogP contribution is 2.33. The third kappa shape index (κ3) is 5.89. The number of hydrogen-bond donors (Lipinski definition) is 2. The van der Waals surface area contributed by atoms with Gasteiger partial charge in [-0.2, -0.15) is 4.31 Å². The maximum absolute atomic E-state index is 13.0. The molecule has 1 aromatic carbocycles. The Morgan fingerprint density at radius 3 is 2.39 bits per heavy atom. The van der Waals surface area contributed by atoms with Gasteiger partial charge in [-0.1, -0.05) is 19.3 Å². The zero-order valence-electron chi connectivity index (χ0n) is 18.8. The minimum absolute atomic E-state index is 0.0932. The maximum atomic E-state index is 13.0. The second kappa shape index (κ2) is 10.6. The van der Waals surface area contributed by atoms with Crippen molar-refractivity contribution in [3.63, 3.8) is 0 Å². The Morgan fingerprint density at radius 1 is 0.970 bits per heavy atom. The molecule has 3 aliphatic rings. The molecule has 182 valence electrons. The van der Waals surface area contributed by atoms with E-state index in [0.29, 0.717) is 37.8 Å². The van der Waals surface area contributed by atoms with Crippen LogP contribution in [0.2, 0.25) is 0 Å². The number of nitrogens with zero attached hydrogens (tertiary/aromatic N) is 2. The standard InChI is InChI=1S/C22H32N4O6S/c27-21(8-9-23-22(28)24-17-4-2-1-3-5-17)25-10-12-26(13-11-25)33(29,30)18-6-7-19-20(16-18)32-15-14-31-19/h6-7,16-17H,1-5,8-15H2,(H2,23,24,28). The summed E-state index contributed by atoms with van der Waals surface area (Å²) in [6.45, 7) is 2.15. The summed E-state index contributed by atoms with van der Waals surface area (Å²) in [6, 6.07) is 4.61. The first-order valence-corrected chi connectivity index (χ1v) is 13.1. The summed E-state index contributed by atoms with van der Waals surface area (Å²) in [5.41, 5.74) is 0. The molecule has 0 radical (unpaired) electrons. The van der Waals surface area contributed by atoms with E-state index in [0.717, 1.165) is 25.7 Å². The van der Waals surface area contributed by atoms with Gasteiger partial charge in [0.15, 0.2) is 11.5 Å². The van der Waals surface area contributed by atoms with Crippen LogP contribution in [0.1, 0.15) is 38.5 Å². The van der Waals surface area contributed by atoms with Gasteiger partial charge in [0.05, 0.1) is 4.90 Å². The first kappa shape index (κ1) is 23.6. The van der Waals surface area contributed by atoms with E-state index in [-0.39, 0.29) is 48.9 Å².